The summed E-state index contributed by atoms with van der Waals surface area (Å²) in [5.74, 6) is 2.17. The number of nitrogens with one attached hydrogen (secondary N) is 3. The molecular formula is C15H22BrIN6. The van der Waals surface area contributed by atoms with Gasteiger partial charge in [0.15, 0.2) is 11.8 Å². The van der Waals surface area contributed by atoms with Gasteiger partial charge >= 0.3 is 0 Å². The molecule has 0 aliphatic carbocycles. The van der Waals surface area contributed by atoms with Gasteiger partial charge < -0.3 is 10.6 Å². The van der Waals surface area contributed by atoms with E-state index in [1.807, 2.05) is 24.3 Å². The molecule has 2 aromatic rings. The summed E-state index contributed by atoms with van der Waals surface area (Å²) in [5.41, 5.74) is 0.925. The van der Waals surface area contributed by atoms with Crippen molar-refractivity contribution in [1.82, 2.24) is 25.8 Å². The summed E-state index contributed by atoms with van der Waals surface area (Å²) in [5, 5.41) is 13.7. The van der Waals surface area contributed by atoms with Crippen LogP contribution in [0.2, 0.25) is 0 Å². The van der Waals surface area contributed by atoms with Crippen LogP contribution in [-0.2, 0) is 6.54 Å². The first-order chi connectivity index (χ1) is 10.4. The van der Waals surface area contributed by atoms with Gasteiger partial charge in [0.2, 0.25) is 0 Å². The summed E-state index contributed by atoms with van der Waals surface area (Å²) in [6.07, 6.45) is 0. The standard InChI is InChI=1S/C15H21BrN6.HI/c1-15(2,3)20-14(17-4)18-9-12-19-13(22-21-12)10-5-7-11(16)8-6-10;/h5-8H,9H2,1-4H3,(H2,17,18,20)(H,19,21,22);1H. The van der Waals surface area contributed by atoms with Gasteiger partial charge in [-0.05, 0) is 32.9 Å². The zero-order valence-corrected chi connectivity index (χ0v) is 17.6. The predicted octanol–water partition coefficient (Wildman–Crippen LogP) is 3.32. The molecule has 0 amide bonds. The van der Waals surface area contributed by atoms with E-state index in [1.54, 1.807) is 7.05 Å². The number of H-pyrrole nitrogens is 1. The second-order valence-corrected chi connectivity index (χ2v) is 6.83. The Morgan fingerprint density at radius 2 is 1.91 bits per heavy atom. The molecule has 0 unspecified atom stereocenters. The Balaban J connectivity index is 0.00000264. The van der Waals surface area contributed by atoms with E-state index in [0.29, 0.717) is 12.4 Å². The highest BCUT2D eigenvalue weighted by Gasteiger charge is 2.12. The Bertz CT molecular complexity index is 645. The molecule has 2 rings (SSSR count). The first kappa shape index (κ1) is 19.9. The molecular weight excluding hydrogens is 471 g/mol. The zero-order chi connectivity index (χ0) is 16.2. The van der Waals surface area contributed by atoms with E-state index in [9.17, 15) is 0 Å². The lowest BCUT2D eigenvalue weighted by molar-refractivity contribution is 0.500. The van der Waals surface area contributed by atoms with E-state index in [4.69, 9.17) is 0 Å². The molecule has 3 N–H and O–H groups in total. The highest BCUT2D eigenvalue weighted by Crippen LogP contribution is 2.18. The molecule has 0 aliphatic rings. The largest absolute Gasteiger partial charge is 0.352 e. The quantitative estimate of drug-likeness (QED) is 0.349. The maximum atomic E-state index is 4.49. The third-order valence-electron chi connectivity index (χ3n) is 2.77. The lowest BCUT2D eigenvalue weighted by atomic mass is 10.1. The summed E-state index contributed by atoms with van der Waals surface area (Å²) < 4.78 is 1.03. The number of hydrogen-bond acceptors (Lipinski definition) is 3. The van der Waals surface area contributed by atoms with Crippen molar-refractivity contribution < 1.29 is 0 Å². The van der Waals surface area contributed by atoms with Crippen molar-refractivity contribution in [3.8, 4) is 11.4 Å². The van der Waals surface area contributed by atoms with Gasteiger partial charge in [-0.25, -0.2) is 4.98 Å². The lowest BCUT2D eigenvalue weighted by Crippen LogP contribution is -2.47. The molecule has 1 aromatic heterocycles. The van der Waals surface area contributed by atoms with Crippen molar-refractivity contribution in [3.05, 3.63) is 34.6 Å². The summed E-state index contributed by atoms with van der Waals surface area (Å²) >= 11 is 3.42. The summed E-state index contributed by atoms with van der Waals surface area (Å²) in [6, 6.07) is 7.90. The van der Waals surface area contributed by atoms with Crippen molar-refractivity contribution in [2.75, 3.05) is 7.05 Å². The average Bonchev–Trinajstić information content (AvgIpc) is 2.92. The molecule has 0 fully saturated rings. The third kappa shape index (κ3) is 6.46. The minimum atomic E-state index is -0.0498. The van der Waals surface area contributed by atoms with Crippen LogP contribution in [0.3, 0.4) is 0 Å². The molecule has 126 valence electrons. The predicted molar refractivity (Wildman–Crippen MR) is 108 cm³/mol. The van der Waals surface area contributed by atoms with E-state index in [0.717, 1.165) is 21.8 Å². The molecule has 23 heavy (non-hydrogen) atoms. The normalized spacial score (nSPS) is 11.8. The molecule has 1 heterocycles. The number of rotatable bonds is 3. The van der Waals surface area contributed by atoms with Gasteiger partial charge in [-0.3, -0.25) is 10.1 Å². The molecule has 6 nitrogen and oxygen atoms in total. The highest BCUT2D eigenvalue weighted by atomic mass is 127. The van der Waals surface area contributed by atoms with E-state index in [1.165, 1.54) is 0 Å². The van der Waals surface area contributed by atoms with E-state index in [2.05, 4.69) is 67.5 Å². The number of benzene rings is 1. The Labute approximate surface area is 162 Å². The topological polar surface area (TPSA) is 78.0 Å². The SMILES string of the molecule is CN=C(NCc1nc(-c2ccc(Br)cc2)n[nH]1)NC(C)(C)C.I. The van der Waals surface area contributed by atoms with Crippen molar-refractivity contribution >= 4 is 45.9 Å². The second-order valence-electron chi connectivity index (χ2n) is 5.91. The van der Waals surface area contributed by atoms with Crippen molar-refractivity contribution in [1.29, 1.82) is 0 Å². The van der Waals surface area contributed by atoms with Crippen LogP contribution in [0.1, 0.15) is 26.6 Å². The van der Waals surface area contributed by atoms with Crippen LogP contribution in [0.5, 0.6) is 0 Å². The number of nitrogens with zero attached hydrogens (tertiary/aromatic N) is 3. The molecule has 0 saturated carbocycles. The van der Waals surface area contributed by atoms with Crippen LogP contribution < -0.4 is 10.6 Å². The number of aromatic nitrogens is 3. The smallest absolute Gasteiger partial charge is 0.191 e. The molecule has 0 spiro atoms. The Morgan fingerprint density at radius 3 is 2.48 bits per heavy atom. The Hall–Kier alpha value is -1.16. The van der Waals surface area contributed by atoms with Gasteiger partial charge in [0.1, 0.15) is 5.82 Å². The van der Waals surface area contributed by atoms with E-state index >= 15 is 0 Å². The first-order valence-electron chi connectivity index (χ1n) is 7.03. The number of aromatic amines is 1. The molecule has 0 bridgehead atoms. The van der Waals surface area contributed by atoms with Crippen LogP contribution >= 0.6 is 39.9 Å². The van der Waals surface area contributed by atoms with Crippen LogP contribution in [0.4, 0.5) is 0 Å². The molecule has 0 aliphatic heterocycles. The third-order valence-corrected chi connectivity index (χ3v) is 3.30. The van der Waals surface area contributed by atoms with Crippen molar-refractivity contribution in [2.45, 2.75) is 32.9 Å². The molecule has 1 aromatic carbocycles. The zero-order valence-electron chi connectivity index (χ0n) is 13.6. The van der Waals surface area contributed by atoms with Gasteiger partial charge in [-0.1, -0.05) is 28.1 Å². The van der Waals surface area contributed by atoms with Gasteiger partial charge in [0.05, 0.1) is 6.54 Å². The molecule has 0 saturated heterocycles. The lowest BCUT2D eigenvalue weighted by Gasteiger charge is -2.23. The van der Waals surface area contributed by atoms with Gasteiger partial charge in [-0.2, -0.15) is 5.10 Å². The Morgan fingerprint density at radius 1 is 1.26 bits per heavy atom. The second kappa shape index (κ2) is 8.62. The van der Waals surface area contributed by atoms with E-state index in [-0.39, 0.29) is 29.5 Å². The highest BCUT2D eigenvalue weighted by molar-refractivity contribution is 14.0. The molecule has 0 radical (unpaired) electrons. The van der Waals surface area contributed by atoms with Crippen molar-refractivity contribution in [2.24, 2.45) is 4.99 Å². The summed E-state index contributed by atoms with van der Waals surface area (Å²) in [7, 11) is 1.74. The van der Waals surface area contributed by atoms with Crippen LogP contribution in [0, 0.1) is 0 Å². The minimum absolute atomic E-state index is 0. The van der Waals surface area contributed by atoms with Crippen molar-refractivity contribution in [3.63, 3.8) is 0 Å². The fraction of sp³-hybridized carbons (Fsp3) is 0.400. The number of aliphatic imine (C=N–C) groups is 1. The fourth-order valence-corrected chi connectivity index (χ4v) is 2.07. The van der Waals surface area contributed by atoms with Gasteiger partial charge in [-0.15, -0.1) is 24.0 Å². The van der Waals surface area contributed by atoms with Crippen LogP contribution in [0.25, 0.3) is 11.4 Å². The van der Waals surface area contributed by atoms with Gasteiger partial charge in [0, 0.05) is 22.6 Å². The fourth-order valence-electron chi connectivity index (χ4n) is 1.80. The Kier molecular flexibility index (Phi) is 7.46. The molecule has 8 heteroatoms. The van der Waals surface area contributed by atoms with Crippen LogP contribution in [-0.4, -0.2) is 33.7 Å². The van der Waals surface area contributed by atoms with E-state index < -0.39 is 0 Å². The van der Waals surface area contributed by atoms with Crippen LogP contribution in [0.15, 0.2) is 33.7 Å². The summed E-state index contributed by atoms with van der Waals surface area (Å²) in [6.45, 7) is 6.78. The summed E-state index contributed by atoms with van der Waals surface area (Å²) in [4.78, 5) is 8.68. The average molecular weight is 493 g/mol. The minimum Gasteiger partial charge on any atom is -0.352 e. The number of halogens is 2. The first-order valence-corrected chi connectivity index (χ1v) is 7.83. The number of guanidine groups is 1. The maximum absolute atomic E-state index is 4.49. The number of hydrogen-bond donors (Lipinski definition) is 3. The maximum Gasteiger partial charge on any atom is 0.191 e. The van der Waals surface area contributed by atoms with Gasteiger partial charge in [0.25, 0.3) is 0 Å². The monoisotopic (exact) mass is 492 g/mol. The molecule has 0 atom stereocenters.